The Morgan fingerprint density at radius 1 is 1.43 bits per heavy atom. The molecule has 6 heteroatoms. The van der Waals surface area contributed by atoms with Crippen LogP contribution in [0.5, 0.6) is 0 Å². The molecule has 1 heterocycles. The van der Waals surface area contributed by atoms with Crippen LogP contribution in [0.2, 0.25) is 0 Å². The molecule has 1 atom stereocenters. The van der Waals surface area contributed by atoms with E-state index in [1.807, 2.05) is 13.8 Å². The minimum Gasteiger partial charge on any atom is -0.467 e. The molecule has 114 valence electrons. The lowest BCUT2D eigenvalue weighted by Gasteiger charge is -2.17. The topological polar surface area (TPSA) is 81.4 Å². The Labute approximate surface area is 128 Å². The van der Waals surface area contributed by atoms with E-state index in [0.717, 1.165) is 4.88 Å². The molecule has 0 aromatic carbocycles. The molecule has 0 aliphatic rings. The first kappa shape index (κ1) is 17.2. The van der Waals surface area contributed by atoms with E-state index < -0.39 is 12.0 Å². The van der Waals surface area contributed by atoms with Gasteiger partial charge in [0.2, 0.25) is 0 Å². The second-order valence-corrected chi connectivity index (χ2v) is 5.93. The van der Waals surface area contributed by atoms with E-state index in [1.165, 1.54) is 18.4 Å². The van der Waals surface area contributed by atoms with Gasteiger partial charge in [0.1, 0.15) is 6.04 Å². The molecule has 1 aromatic rings. The zero-order valence-corrected chi connectivity index (χ0v) is 13.3. The number of nitrogens with one attached hydrogen (secondary N) is 1. The molecule has 0 saturated carbocycles. The molecule has 21 heavy (non-hydrogen) atoms. The molecule has 1 rings (SSSR count). The molecular formula is C15H20N2O3S. The van der Waals surface area contributed by atoms with Crippen molar-refractivity contribution in [2.75, 3.05) is 13.7 Å². The SMILES string of the molecule is COC(=O)C(CC(C)C)NC(=O)c1ccc(C#CCN)s1. The molecule has 0 spiro atoms. The minimum absolute atomic E-state index is 0.267. The summed E-state index contributed by atoms with van der Waals surface area (Å²) in [5, 5.41) is 2.71. The number of ether oxygens (including phenoxy) is 1. The van der Waals surface area contributed by atoms with E-state index >= 15 is 0 Å². The van der Waals surface area contributed by atoms with E-state index in [-0.39, 0.29) is 18.4 Å². The summed E-state index contributed by atoms with van der Waals surface area (Å²) in [4.78, 5) is 25.1. The Hall–Kier alpha value is -1.84. The number of methoxy groups -OCH3 is 1. The lowest BCUT2D eigenvalue weighted by Crippen LogP contribution is -2.42. The van der Waals surface area contributed by atoms with Crippen LogP contribution in [0.15, 0.2) is 12.1 Å². The fourth-order valence-corrected chi connectivity index (χ4v) is 2.51. The van der Waals surface area contributed by atoms with Crippen molar-refractivity contribution in [1.82, 2.24) is 5.32 Å². The standard InChI is InChI=1S/C15H20N2O3S/c1-10(2)9-12(15(19)20-3)17-14(18)13-7-6-11(21-13)5-4-8-16/h6-7,10,12H,8-9,16H2,1-3H3,(H,17,18). The highest BCUT2D eigenvalue weighted by atomic mass is 32.1. The number of thiophene rings is 1. The van der Waals surface area contributed by atoms with Crippen LogP contribution in [-0.2, 0) is 9.53 Å². The molecule has 1 unspecified atom stereocenters. The Morgan fingerprint density at radius 2 is 2.14 bits per heavy atom. The van der Waals surface area contributed by atoms with Gasteiger partial charge >= 0.3 is 5.97 Å². The number of carbonyl (C=O) groups excluding carboxylic acids is 2. The Kier molecular flexibility index (Phi) is 6.92. The number of hydrogen-bond donors (Lipinski definition) is 2. The molecule has 1 amide bonds. The Morgan fingerprint density at radius 3 is 2.71 bits per heavy atom. The number of nitrogens with two attached hydrogens (primary N) is 1. The van der Waals surface area contributed by atoms with Gasteiger partial charge in [-0.05, 0) is 24.5 Å². The second-order valence-electron chi connectivity index (χ2n) is 4.85. The van der Waals surface area contributed by atoms with Crippen LogP contribution in [0.4, 0.5) is 0 Å². The number of esters is 1. The van der Waals surface area contributed by atoms with Gasteiger partial charge in [0.25, 0.3) is 5.91 Å². The van der Waals surface area contributed by atoms with Crippen LogP contribution in [0.25, 0.3) is 0 Å². The largest absolute Gasteiger partial charge is 0.467 e. The van der Waals surface area contributed by atoms with Gasteiger partial charge in [-0.1, -0.05) is 25.7 Å². The normalized spacial score (nSPS) is 11.5. The summed E-state index contributed by atoms with van der Waals surface area (Å²) in [5.74, 6) is 5.14. The lowest BCUT2D eigenvalue weighted by molar-refractivity contribution is -0.143. The van der Waals surface area contributed by atoms with E-state index in [2.05, 4.69) is 17.2 Å². The van der Waals surface area contributed by atoms with E-state index in [0.29, 0.717) is 11.3 Å². The van der Waals surface area contributed by atoms with Crippen molar-refractivity contribution in [2.45, 2.75) is 26.3 Å². The van der Waals surface area contributed by atoms with Crippen LogP contribution in [0.3, 0.4) is 0 Å². The predicted octanol–water partition coefficient (Wildman–Crippen LogP) is 1.38. The summed E-state index contributed by atoms with van der Waals surface area (Å²) in [7, 11) is 1.31. The van der Waals surface area contributed by atoms with Crippen LogP contribution in [0.1, 0.15) is 34.8 Å². The summed E-state index contributed by atoms with van der Waals surface area (Å²) >= 11 is 1.27. The van der Waals surface area contributed by atoms with Crippen molar-refractivity contribution >= 4 is 23.2 Å². The predicted molar refractivity (Wildman–Crippen MR) is 83.0 cm³/mol. The zero-order valence-electron chi connectivity index (χ0n) is 12.4. The molecule has 0 fully saturated rings. The first-order chi connectivity index (χ1) is 9.97. The van der Waals surface area contributed by atoms with E-state index in [9.17, 15) is 9.59 Å². The van der Waals surface area contributed by atoms with Gasteiger partial charge in [0, 0.05) is 0 Å². The van der Waals surface area contributed by atoms with Crippen LogP contribution in [-0.4, -0.2) is 31.6 Å². The van der Waals surface area contributed by atoms with Crippen LogP contribution >= 0.6 is 11.3 Å². The lowest BCUT2D eigenvalue weighted by atomic mass is 10.0. The highest BCUT2D eigenvalue weighted by Gasteiger charge is 2.23. The zero-order chi connectivity index (χ0) is 15.8. The third-order valence-electron chi connectivity index (χ3n) is 2.64. The van der Waals surface area contributed by atoms with Crippen molar-refractivity contribution < 1.29 is 14.3 Å². The smallest absolute Gasteiger partial charge is 0.328 e. The highest BCUT2D eigenvalue weighted by Crippen LogP contribution is 2.16. The van der Waals surface area contributed by atoms with E-state index in [4.69, 9.17) is 10.5 Å². The molecular weight excluding hydrogens is 288 g/mol. The van der Waals surface area contributed by atoms with Gasteiger partial charge in [0.05, 0.1) is 23.4 Å². The van der Waals surface area contributed by atoms with Crippen molar-refractivity contribution in [3.63, 3.8) is 0 Å². The van der Waals surface area contributed by atoms with Crippen molar-refractivity contribution in [3.05, 3.63) is 21.9 Å². The Bertz CT molecular complexity index is 555. The van der Waals surface area contributed by atoms with Crippen molar-refractivity contribution in [2.24, 2.45) is 11.7 Å². The first-order valence-corrected chi connectivity index (χ1v) is 7.47. The molecule has 0 saturated heterocycles. The maximum Gasteiger partial charge on any atom is 0.328 e. The van der Waals surface area contributed by atoms with Crippen molar-refractivity contribution in [1.29, 1.82) is 0 Å². The fraction of sp³-hybridized carbons (Fsp3) is 0.467. The van der Waals surface area contributed by atoms with Crippen LogP contribution in [0, 0.1) is 17.8 Å². The van der Waals surface area contributed by atoms with Gasteiger partial charge in [-0.25, -0.2) is 4.79 Å². The quantitative estimate of drug-likeness (QED) is 0.636. The van der Waals surface area contributed by atoms with Crippen LogP contribution < -0.4 is 11.1 Å². The number of hydrogen-bond acceptors (Lipinski definition) is 5. The third-order valence-corrected chi connectivity index (χ3v) is 3.64. The number of carbonyl (C=O) groups is 2. The maximum absolute atomic E-state index is 12.2. The molecule has 5 nitrogen and oxygen atoms in total. The number of rotatable bonds is 5. The van der Waals surface area contributed by atoms with E-state index in [1.54, 1.807) is 12.1 Å². The monoisotopic (exact) mass is 308 g/mol. The summed E-state index contributed by atoms with van der Waals surface area (Å²) < 4.78 is 4.72. The molecule has 0 aliphatic heterocycles. The molecule has 0 radical (unpaired) electrons. The van der Waals surface area contributed by atoms with Gasteiger partial charge < -0.3 is 15.8 Å². The minimum atomic E-state index is -0.636. The van der Waals surface area contributed by atoms with Crippen molar-refractivity contribution in [3.8, 4) is 11.8 Å². The maximum atomic E-state index is 12.2. The molecule has 3 N–H and O–H groups in total. The summed E-state index contributed by atoms with van der Waals surface area (Å²) in [6, 6.07) is 2.81. The first-order valence-electron chi connectivity index (χ1n) is 6.65. The molecule has 1 aromatic heterocycles. The second kappa shape index (κ2) is 8.45. The average Bonchev–Trinajstić information content (AvgIpc) is 2.91. The average molecular weight is 308 g/mol. The van der Waals surface area contributed by atoms with Gasteiger partial charge in [-0.3, -0.25) is 4.79 Å². The highest BCUT2D eigenvalue weighted by molar-refractivity contribution is 7.14. The number of amides is 1. The fourth-order valence-electron chi connectivity index (χ4n) is 1.72. The third kappa shape index (κ3) is 5.58. The summed E-state index contributed by atoms with van der Waals surface area (Å²) in [5.41, 5.74) is 5.30. The Balaban J connectivity index is 2.77. The van der Waals surface area contributed by atoms with Gasteiger partial charge in [-0.2, -0.15) is 0 Å². The molecule has 0 aliphatic carbocycles. The van der Waals surface area contributed by atoms with Gasteiger partial charge in [0.15, 0.2) is 0 Å². The summed E-state index contributed by atoms with van der Waals surface area (Å²) in [6.07, 6.45) is 0.531. The molecule has 0 bridgehead atoms. The van der Waals surface area contributed by atoms with Gasteiger partial charge in [-0.15, -0.1) is 11.3 Å². The summed E-state index contributed by atoms with van der Waals surface area (Å²) in [6.45, 7) is 4.24.